The third kappa shape index (κ3) is 3.93. The molecule has 1 atom stereocenters. The molecule has 0 aliphatic heterocycles. The van der Waals surface area contributed by atoms with E-state index in [9.17, 15) is 4.39 Å². The molecule has 4 heteroatoms. The molecule has 0 bridgehead atoms. The molecular formula is C11H14BrClFN. The lowest BCUT2D eigenvalue weighted by molar-refractivity contribution is 0.562. The Balaban J connectivity index is 0.00000196. The molecule has 0 radical (unpaired) electrons. The topological polar surface area (TPSA) is 26.0 Å². The zero-order chi connectivity index (χ0) is 10.6. The van der Waals surface area contributed by atoms with Crippen molar-refractivity contribution in [1.82, 2.24) is 0 Å². The fraction of sp³-hybridized carbons (Fsp3) is 0.273. The lowest BCUT2D eigenvalue weighted by atomic mass is 10.0. The van der Waals surface area contributed by atoms with Crippen molar-refractivity contribution in [3.63, 3.8) is 0 Å². The molecule has 0 saturated heterocycles. The monoisotopic (exact) mass is 293 g/mol. The number of hydrogen-bond acceptors (Lipinski definition) is 1. The molecule has 1 rings (SSSR count). The second-order valence-electron chi connectivity index (χ2n) is 3.12. The Kier molecular flexibility index (Phi) is 6.81. The van der Waals surface area contributed by atoms with Crippen LogP contribution in [0.1, 0.15) is 24.4 Å². The Bertz CT molecular complexity index is 330. The summed E-state index contributed by atoms with van der Waals surface area (Å²) >= 11 is 3.13. The van der Waals surface area contributed by atoms with Crippen molar-refractivity contribution in [2.45, 2.75) is 18.9 Å². The average Bonchev–Trinajstić information content (AvgIpc) is 2.18. The quantitative estimate of drug-likeness (QED) is 0.835. The molecule has 1 nitrogen and oxygen atoms in total. The maximum Gasteiger partial charge on any atom is 0.142 e. The fourth-order valence-electron chi connectivity index (χ4n) is 1.26. The maximum atomic E-state index is 13.5. The Hall–Kier alpha value is -0.380. The van der Waals surface area contributed by atoms with Gasteiger partial charge in [-0.1, -0.05) is 18.2 Å². The summed E-state index contributed by atoms with van der Waals surface area (Å²) in [4.78, 5) is 0. The van der Waals surface area contributed by atoms with E-state index in [0.717, 1.165) is 12.8 Å². The van der Waals surface area contributed by atoms with Crippen molar-refractivity contribution < 1.29 is 4.39 Å². The summed E-state index contributed by atoms with van der Waals surface area (Å²) in [6.07, 6.45) is 3.31. The van der Waals surface area contributed by atoms with Crippen LogP contribution in [0.15, 0.2) is 35.3 Å². The smallest absolute Gasteiger partial charge is 0.142 e. The summed E-state index contributed by atoms with van der Waals surface area (Å²) in [6, 6.07) is 4.91. The number of allylic oxidation sites excluding steroid dienone is 1. The maximum absolute atomic E-state index is 13.5. The first kappa shape index (κ1) is 14.6. The predicted octanol–water partition coefficient (Wildman–Crippen LogP) is 3.98. The Morgan fingerprint density at radius 2 is 2.20 bits per heavy atom. The van der Waals surface area contributed by atoms with Gasteiger partial charge in [-0.15, -0.1) is 19.0 Å². The molecule has 0 fully saturated rings. The van der Waals surface area contributed by atoms with Crippen molar-refractivity contribution in [3.05, 3.63) is 46.7 Å². The van der Waals surface area contributed by atoms with Gasteiger partial charge in [-0.3, -0.25) is 0 Å². The summed E-state index contributed by atoms with van der Waals surface area (Å²) in [5.74, 6) is -0.260. The van der Waals surface area contributed by atoms with E-state index in [1.54, 1.807) is 24.3 Å². The molecule has 0 aliphatic rings. The zero-order valence-electron chi connectivity index (χ0n) is 8.25. The lowest BCUT2D eigenvalue weighted by Crippen LogP contribution is -2.11. The zero-order valence-corrected chi connectivity index (χ0v) is 10.7. The third-order valence-corrected chi connectivity index (χ3v) is 2.68. The molecule has 0 aromatic heterocycles. The van der Waals surface area contributed by atoms with Gasteiger partial charge in [0, 0.05) is 11.6 Å². The fourth-order valence-corrected chi connectivity index (χ4v) is 1.64. The van der Waals surface area contributed by atoms with Gasteiger partial charge in [0.15, 0.2) is 0 Å². The van der Waals surface area contributed by atoms with Crippen LogP contribution in [0.3, 0.4) is 0 Å². The van der Waals surface area contributed by atoms with Gasteiger partial charge in [0.1, 0.15) is 5.82 Å². The molecule has 0 aliphatic carbocycles. The highest BCUT2D eigenvalue weighted by atomic mass is 79.9. The van der Waals surface area contributed by atoms with Crippen molar-refractivity contribution in [2.24, 2.45) is 5.73 Å². The summed E-state index contributed by atoms with van der Waals surface area (Å²) < 4.78 is 14.0. The summed E-state index contributed by atoms with van der Waals surface area (Å²) in [5, 5.41) is 0. The van der Waals surface area contributed by atoms with Gasteiger partial charge in [0.05, 0.1) is 4.47 Å². The molecular weight excluding hydrogens is 280 g/mol. The molecule has 15 heavy (non-hydrogen) atoms. The number of halogens is 3. The molecule has 84 valence electrons. The number of hydrogen-bond donors (Lipinski definition) is 1. The van der Waals surface area contributed by atoms with E-state index in [0.29, 0.717) is 10.0 Å². The minimum atomic E-state index is -0.260. The second kappa shape index (κ2) is 6.99. The largest absolute Gasteiger partial charge is 0.324 e. The van der Waals surface area contributed by atoms with Crippen molar-refractivity contribution in [2.75, 3.05) is 0 Å². The first-order valence-electron chi connectivity index (χ1n) is 4.47. The number of rotatable bonds is 4. The first-order chi connectivity index (χ1) is 6.66. The van der Waals surface area contributed by atoms with Crippen LogP contribution in [0.2, 0.25) is 0 Å². The highest BCUT2D eigenvalue weighted by molar-refractivity contribution is 9.10. The van der Waals surface area contributed by atoms with Crippen LogP contribution in [-0.2, 0) is 0 Å². The lowest BCUT2D eigenvalue weighted by Gasteiger charge is -2.12. The van der Waals surface area contributed by atoms with Gasteiger partial charge < -0.3 is 5.73 Å². The second-order valence-corrected chi connectivity index (χ2v) is 3.97. The van der Waals surface area contributed by atoms with Crippen LogP contribution in [-0.4, -0.2) is 0 Å². The van der Waals surface area contributed by atoms with Crippen molar-refractivity contribution in [1.29, 1.82) is 0 Å². The standard InChI is InChI=1S/C11H13BrFN.ClH/c1-2-3-7-10(14)8-5-4-6-9(12)11(8)13;/h2,4-6,10H,1,3,7,14H2;1H/t10-;/m1./s1. The Morgan fingerprint density at radius 3 is 2.80 bits per heavy atom. The average molecular weight is 295 g/mol. The van der Waals surface area contributed by atoms with E-state index in [-0.39, 0.29) is 24.3 Å². The van der Waals surface area contributed by atoms with Crippen LogP contribution in [0.25, 0.3) is 0 Å². The minimum absolute atomic E-state index is 0. The molecule has 0 saturated carbocycles. The van der Waals surface area contributed by atoms with E-state index < -0.39 is 0 Å². The van der Waals surface area contributed by atoms with Gasteiger partial charge in [0.2, 0.25) is 0 Å². The molecule has 0 unspecified atom stereocenters. The SMILES string of the molecule is C=CCC[C@@H](N)c1cccc(Br)c1F.Cl. The summed E-state index contributed by atoms with van der Waals surface area (Å²) in [6.45, 7) is 3.61. The molecule has 1 aromatic carbocycles. The number of benzene rings is 1. The van der Waals surface area contributed by atoms with E-state index >= 15 is 0 Å². The highest BCUT2D eigenvalue weighted by Crippen LogP contribution is 2.24. The van der Waals surface area contributed by atoms with Gasteiger partial charge >= 0.3 is 0 Å². The van der Waals surface area contributed by atoms with Crippen LogP contribution in [0, 0.1) is 5.82 Å². The van der Waals surface area contributed by atoms with Gasteiger partial charge in [-0.2, -0.15) is 0 Å². The number of nitrogens with two attached hydrogens (primary N) is 1. The highest BCUT2D eigenvalue weighted by Gasteiger charge is 2.12. The molecule has 0 heterocycles. The van der Waals surface area contributed by atoms with Crippen LogP contribution >= 0.6 is 28.3 Å². The third-order valence-electron chi connectivity index (χ3n) is 2.06. The van der Waals surface area contributed by atoms with Gasteiger partial charge in [0.25, 0.3) is 0 Å². The van der Waals surface area contributed by atoms with E-state index in [1.165, 1.54) is 0 Å². The summed E-state index contributed by atoms with van der Waals surface area (Å²) in [7, 11) is 0. The first-order valence-corrected chi connectivity index (χ1v) is 5.26. The van der Waals surface area contributed by atoms with E-state index in [1.807, 2.05) is 0 Å². The van der Waals surface area contributed by atoms with Crippen molar-refractivity contribution >= 4 is 28.3 Å². The van der Waals surface area contributed by atoms with Crippen LogP contribution < -0.4 is 5.73 Å². The minimum Gasteiger partial charge on any atom is -0.324 e. The van der Waals surface area contributed by atoms with Gasteiger partial charge in [-0.05, 0) is 34.8 Å². The summed E-state index contributed by atoms with van der Waals surface area (Å²) in [5.41, 5.74) is 6.40. The van der Waals surface area contributed by atoms with E-state index in [4.69, 9.17) is 5.73 Å². The molecule has 2 N–H and O–H groups in total. The normalized spacial score (nSPS) is 11.7. The molecule has 1 aromatic rings. The van der Waals surface area contributed by atoms with Crippen LogP contribution in [0.4, 0.5) is 4.39 Å². The van der Waals surface area contributed by atoms with Gasteiger partial charge in [-0.25, -0.2) is 4.39 Å². The van der Waals surface area contributed by atoms with Crippen molar-refractivity contribution in [3.8, 4) is 0 Å². The Labute approximate surface area is 104 Å². The van der Waals surface area contributed by atoms with Crippen LogP contribution in [0.5, 0.6) is 0 Å². The molecule has 0 spiro atoms. The predicted molar refractivity (Wildman–Crippen MR) is 67.7 cm³/mol. The molecule has 0 amide bonds. The van der Waals surface area contributed by atoms with E-state index in [2.05, 4.69) is 22.5 Å². The Morgan fingerprint density at radius 1 is 1.53 bits per heavy atom.